The molecule has 0 bridgehead atoms. The highest BCUT2D eigenvalue weighted by Gasteiger charge is 2.19. The van der Waals surface area contributed by atoms with E-state index in [0.717, 1.165) is 32.2 Å². The van der Waals surface area contributed by atoms with Crippen LogP contribution < -0.4 is 10.6 Å². The molecule has 0 aromatic heterocycles. The van der Waals surface area contributed by atoms with Gasteiger partial charge < -0.3 is 20.3 Å². The number of ether oxygens (including phenoxy) is 1. The van der Waals surface area contributed by atoms with Crippen molar-refractivity contribution in [3.05, 3.63) is 0 Å². The fourth-order valence-corrected chi connectivity index (χ4v) is 3.11. The molecule has 1 saturated heterocycles. The summed E-state index contributed by atoms with van der Waals surface area (Å²) >= 11 is 0. The molecule has 0 aromatic carbocycles. The number of piperidine rings is 1. The quantitative estimate of drug-likeness (QED) is 0.299. The van der Waals surface area contributed by atoms with Crippen LogP contribution in [0.3, 0.4) is 0 Å². The summed E-state index contributed by atoms with van der Waals surface area (Å²) in [5.74, 6) is 1.69. The first-order chi connectivity index (χ1) is 11.8. The molecule has 0 amide bonds. The van der Waals surface area contributed by atoms with Gasteiger partial charge >= 0.3 is 0 Å². The first-order valence-corrected chi connectivity index (χ1v) is 10.1. The molecule has 26 heavy (non-hydrogen) atoms. The van der Waals surface area contributed by atoms with E-state index in [4.69, 9.17) is 9.73 Å². The Morgan fingerprint density at radius 3 is 2.46 bits per heavy atom. The summed E-state index contributed by atoms with van der Waals surface area (Å²) in [6.45, 7) is 17.4. The van der Waals surface area contributed by atoms with E-state index in [0.29, 0.717) is 17.4 Å². The van der Waals surface area contributed by atoms with Crippen molar-refractivity contribution in [1.82, 2.24) is 15.5 Å². The number of guanidine groups is 1. The molecule has 0 spiro atoms. The Labute approximate surface area is 179 Å². The zero-order valence-corrected chi connectivity index (χ0v) is 20.3. The largest absolute Gasteiger partial charge is 0.383 e. The normalized spacial score (nSPS) is 18.3. The number of nitrogens with zero attached hydrogens (tertiary/aromatic N) is 2. The standard InChI is InChI=1S/C20H42N4O.HI/c1-7-21-19(23-17(2)8-11-20(3,4)5)22-16-18-9-12-24(13-10-18)14-15-25-6;/h17-18H,7-16H2,1-6H3,(H2,21,22,23);1H. The topological polar surface area (TPSA) is 48.9 Å². The van der Waals surface area contributed by atoms with Gasteiger partial charge in [-0.15, -0.1) is 24.0 Å². The van der Waals surface area contributed by atoms with Crippen LogP contribution in [0.2, 0.25) is 0 Å². The Morgan fingerprint density at radius 1 is 1.27 bits per heavy atom. The number of hydrogen-bond acceptors (Lipinski definition) is 3. The first kappa shape index (κ1) is 25.9. The second kappa shape index (κ2) is 14.0. The van der Waals surface area contributed by atoms with E-state index >= 15 is 0 Å². The summed E-state index contributed by atoms with van der Waals surface area (Å²) in [6.07, 6.45) is 4.88. The Hall–Kier alpha value is -0.0800. The maximum atomic E-state index is 5.17. The van der Waals surface area contributed by atoms with Crippen LogP contribution in [-0.2, 0) is 4.74 Å². The molecule has 156 valence electrons. The molecule has 0 saturated carbocycles. The van der Waals surface area contributed by atoms with Crippen LogP contribution in [-0.4, -0.2) is 63.3 Å². The van der Waals surface area contributed by atoms with Crippen molar-refractivity contribution < 1.29 is 4.74 Å². The van der Waals surface area contributed by atoms with Crippen molar-refractivity contribution in [3.8, 4) is 0 Å². The van der Waals surface area contributed by atoms with Gasteiger partial charge in [-0.05, 0) is 64.0 Å². The summed E-state index contributed by atoms with van der Waals surface area (Å²) in [5.41, 5.74) is 0.391. The minimum Gasteiger partial charge on any atom is -0.383 e. The maximum absolute atomic E-state index is 5.17. The van der Waals surface area contributed by atoms with E-state index in [1.807, 2.05) is 0 Å². The monoisotopic (exact) mass is 482 g/mol. The summed E-state index contributed by atoms with van der Waals surface area (Å²) in [7, 11) is 1.78. The molecule has 0 radical (unpaired) electrons. The molecule has 1 unspecified atom stereocenters. The lowest BCUT2D eigenvalue weighted by Gasteiger charge is -2.31. The lowest BCUT2D eigenvalue weighted by atomic mass is 9.89. The molecule has 1 aliphatic heterocycles. The van der Waals surface area contributed by atoms with Crippen molar-refractivity contribution >= 4 is 29.9 Å². The van der Waals surface area contributed by atoms with Crippen molar-refractivity contribution in [2.24, 2.45) is 16.3 Å². The summed E-state index contributed by atoms with van der Waals surface area (Å²) in [6, 6.07) is 0.452. The van der Waals surface area contributed by atoms with E-state index < -0.39 is 0 Å². The number of likely N-dealkylation sites (tertiary alicyclic amines) is 1. The minimum absolute atomic E-state index is 0. The highest BCUT2D eigenvalue weighted by molar-refractivity contribution is 14.0. The number of methoxy groups -OCH3 is 1. The lowest BCUT2D eigenvalue weighted by molar-refractivity contribution is 0.121. The highest BCUT2D eigenvalue weighted by Crippen LogP contribution is 2.21. The third kappa shape index (κ3) is 12.3. The van der Waals surface area contributed by atoms with Gasteiger partial charge in [-0.3, -0.25) is 4.99 Å². The van der Waals surface area contributed by atoms with Crippen LogP contribution in [0.5, 0.6) is 0 Å². The van der Waals surface area contributed by atoms with E-state index in [-0.39, 0.29) is 24.0 Å². The minimum atomic E-state index is 0. The van der Waals surface area contributed by atoms with Gasteiger partial charge in [-0.2, -0.15) is 0 Å². The van der Waals surface area contributed by atoms with Crippen molar-refractivity contribution in [1.29, 1.82) is 0 Å². The average molecular weight is 482 g/mol. The Balaban J connectivity index is 0.00000625. The first-order valence-electron chi connectivity index (χ1n) is 10.1. The maximum Gasteiger partial charge on any atom is 0.191 e. The highest BCUT2D eigenvalue weighted by atomic mass is 127. The Morgan fingerprint density at radius 2 is 1.92 bits per heavy atom. The smallest absolute Gasteiger partial charge is 0.191 e. The van der Waals surface area contributed by atoms with Crippen LogP contribution in [0.15, 0.2) is 4.99 Å². The number of halogens is 1. The molecule has 0 aliphatic carbocycles. The fourth-order valence-electron chi connectivity index (χ4n) is 3.11. The Kier molecular flexibility index (Phi) is 14.0. The second-order valence-corrected chi connectivity index (χ2v) is 8.64. The van der Waals surface area contributed by atoms with E-state index in [2.05, 4.69) is 50.2 Å². The second-order valence-electron chi connectivity index (χ2n) is 8.64. The molecule has 1 heterocycles. The van der Waals surface area contributed by atoms with Gasteiger partial charge in [-0.25, -0.2) is 0 Å². The molecule has 1 rings (SSSR count). The third-order valence-electron chi connectivity index (χ3n) is 4.88. The van der Waals surface area contributed by atoms with Gasteiger partial charge in [0.2, 0.25) is 0 Å². The molecule has 1 atom stereocenters. The van der Waals surface area contributed by atoms with Gasteiger partial charge in [0, 0.05) is 32.8 Å². The zero-order valence-electron chi connectivity index (χ0n) is 17.9. The molecule has 5 nitrogen and oxygen atoms in total. The van der Waals surface area contributed by atoms with Gasteiger partial charge in [-0.1, -0.05) is 20.8 Å². The fraction of sp³-hybridized carbons (Fsp3) is 0.950. The zero-order chi connectivity index (χ0) is 18.7. The molecular formula is C20H43IN4O. The summed E-state index contributed by atoms with van der Waals surface area (Å²) in [4.78, 5) is 7.36. The van der Waals surface area contributed by atoms with Gasteiger partial charge in [0.25, 0.3) is 0 Å². The predicted molar refractivity (Wildman–Crippen MR) is 124 cm³/mol. The van der Waals surface area contributed by atoms with Crippen LogP contribution in [0, 0.1) is 11.3 Å². The van der Waals surface area contributed by atoms with E-state index in [9.17, 15) is 0 Å². The van der Waals surface area contributed by atoms with Crippen LogP contribution in [0.25, 0.3) is 0 Å². The van der Waals surface area contributed by atoms with Gasteiger partial charge in [0.05, 0.1) is 6.61 Å². The third-order valence-corrected chi connectivity index (χ3v) is 4.88. The molecular weight excluding hydrogens is 439 g/mol. The number of aliphatic imine (C=N–C) groups is 1. The van der Waals surface area contributed by atoms with E-state index in [1.54, 1.807) is 7.11 Å². The predicted octanol–water partition coefficient (Wildman–Crippen LogP) is 3.73. The van der Waals surface area contributed by atoms with Crippen LogP contribution >= 0.6 is 24.0 Å². The SMILES string of the molecule is CCNC(=NCC1CCN(CCOC)CC1)NC(C)CCC(C)(C)C.I. The molecule has 1 aliphatic rings. The average Bonchev–Trinajstić information content (AvgIpc) is 2.56. The lowest BCUT2D eigenvalue weighted by Crippen LogP contribution is -2.43. The Bertz CT molecular complexity index is 376. The van der Waals surface area contributed by atoms with Gasteiger partial charge in [0.15, 0.2) is 5.96 Å². The van der Waals surface area contributed by atoms with Crippen molar-refractivity contribution in [2.45, 2.75) is 66.3 Å². The van der Waals surface area contributed by atoms with Crippen molar-refractivity contribution in [3.63, 3.8) is 0 Å². The summed E-state index contributed by atoms with van der Waals surface area (Å²) in [5, 5.41) is 6.98. The van der Waals surface area contributed by atoms with E-state index in [1.165, 1.54) is 38.8 Å². The van der Waals surface area contributed by atoms with Crippen LogP contribution in [0.1, 0.15) is 60.3 Å². The molecule has 0 aromatic rings. The van der Waals surface area contributed by atoms with Gasteiger partial charge in [0.1, 0.15) is 0 Å². The molecule has 1 fully saturated rings. The van der Waals surface area contributed by atoms with Crippen LogP contribution in [0.4, 0.5) is 0 Å². The van der Waals surface area contributed by atoms with Crippen molar-refractivity contribution in [2.75, 3.05) is 46.4 Å². The molecule has 6 heteroatoms. The molecule has 2 N–H and O–H groups in total. The number of nitrogens with one attached hydrogen (secondary N) is 2. The number of hydrogen-bond donors (Lipinski definition) is 2. The number of rotatable bonds is 9. The summed E-state index contributed by atoms with van der Waals surface area (Å²) < 4.78 is 5.17.